The molecular formula is C17H23N. The van der Waals surface area contributed by atoms with Crippen LogP contribution in [-0.4, -0.2) is 0 Å². The van der Waals surface area contributed by atoms with Gasteiger partial charge < -0.3 is 0 Å². The highest BCUT2D eigenvalue weighted by atomic mass is 14.4. The van der Waals surface area contributed by atoms with Crippen LogP contribution in [0.15, 0.2) is 18.2 Å². The molecule has 1 aliphatic rings. The average molecular weight is 241 g/mol. The molecule has 1 aromatic rings. The van der Waals surface area contributed by atoms with E-state index >= 15 is 0 Å². The van der Waals surface area contributed by atoms with Crippen LogP contribution in [0.1, 0.15) is 49.3 Å². The van der Waals surface area contributed by atoms with E-state index in [1.54, 1.807) is 0 Å². The second-order valence-corrected chi connectivity index (χ2v) is 6.25. The van der Waals surface area contributed by atoms with Crippen molar-refractivity contribution < 1.29 is 0 Å². The smallest absolute Gasteiger partial charge is 0.0693 e. The van der Waals surface area contributed by atoms with Crippen LogP contribution in [0.3, 0.4) is 0 Å². The standard InChI is InChI=1S/C17H23N/c1-13-4-6-17(12-18,7-5-13)11-16-9-14(2)8-15(3)10-16/h8-10,13H,4-7,11H2,1-3H3. The first-order valence-corrected chi connectivity index (χ1v) is 7.01. The van der Waals surface area contributed by atoms with E-state index in [1.807, 2.05) is 0 Å². The monoisotopic (exact) mass is 241 g/mol. The first-order valence-electron chi connectivity index (χ1n) is 7.01. The molecule has 0 heterocycles. The minimum atomic E-state index is -0.104. The molecule has 18 heavy (non-hydrogen) atoms. The summed E-state index contributed by atoms with van der Waals surface area (Å²) in [7, 11) is 0. The van der Waals surface area contributed by atoms with Crippen LogP contribution in [0, 0.1) is 36.5 Å². The Morgan fingerprint density at radius 3 is 2.22 bits per heavy atom. The van der Waals surface area contributed by atoms with Gasteiger partial charge in [0.2, 0.25) is 0 Å². The number of nitriles is 1. The van der Waals surface area contributed by atoms with Crippen molar-refractivity contribution >= 4 is 0 Å². The van der Waals surface area contributed by atoms with Crippen LogP contribution in [-0.2, 0) is 6.42 Å². The van der Waals surface area contributed by atoms with E-state index in [0.29, 0.717) is 0 Å². The molecule has 0 unspecified atom stereocenters. The number of rotatable bonds is 2. The van der Waals surface area contributed by atoms with E-state index < -0.39 is 0 Å². The first kappa shape index (κ1) is 13.1. The Morgan fingerprint density at radius 2 is 1.72 bits per heavy atom. The number of benzene rings is 1. The molecule has 0 atom stereocenters. The van der Waals surface area contributed by atoms with E-state index in [0.717, 1.165) is 25.2 Å². The number of nitrogens with zero attached hydrogens (tertiary/aromatic N) is 1. The minimum absolute atomic E-state index is 0.104. The fourth-order valence-corrected chi connectivity index (χ4v) is 3.20. The van der Waals surface area contributed by atoms with Gasteiger partial charge >= 0.3 is 0 Å². The molecule has 96 valence electrons. The van der Waals surface area contributed by atoms with E-state index in [2.05, 4.69) is 45.0 Å². The zero-order valence-electron chi connectivity index (χ0n) is 11.8. The topological polar surface area (TPSA) is 23.8 Å². The van der Waals surface area contributed by atoms with Gasteiger partial charge in [0, 0.05) is 0 Å². The molecule has 1 nitrogen and oxygen atoms in total. The van der Waals surface area contributed by atoms with Gasteiger partial charge in [-0.25, -0.2) is 0 Å². The molecule has 1 aliphatic carbocycles. The van der Waals surface area contributed by atoms with Crippen molar-refractivity contribution in [1.82, 2.24) is 0 Å². The lowest BCUT2D eigenvalue weighted by Gasteiger charge is -2.34. The van der Waals surface area contributed by atoms with Gasteiger partial charge in [-0.2, -0.15) is 5.26 Å². The zero-order chi connectivity index (χ0) is 13.2. The van der Waals surface area contributed by atoms with Gasteiger partial charge in [-0.05, 0) is 57.4 Å². The van der Waals surface area contributed by atoms with Crippen LogP contribution in [0.5, 0.6) is 0 Å². The summed E-state index contributed by atoms with van der Waals surface area (Å²) in [5, 5.41) is 9.58. The summed E-state index contributed by atoms with van der Waals surface area (Å²) in [6.07, 6.45) is 5.48. The Balaban J connectivity index is 2.18. The Hall–Kier alpha value is -1.29. The number of hydrogen-bond acceptors (Lipinski definition) is 1. The second-order valence-electron chi connectivity index (χ2n) is 6.25. The van der Waals surface area contributed by atoms with Crippen LogP contribution in [0.25, 0.3) is 0 Å². The number of aryl methyl sites for hydroxylation is 2. The van der Waals surface area contributed by atoms with Gasteiger partial charge in [0.25, 0.3) is 0 Å². The Bertz CT molecular complexity index is 439. The van der Waals surface area contributed by atoms with Crippen molar-refractivity contribution in [2.24, 2.45) is 11.3 Å². The highest BCUT2D eigenvalue weighted by Gasteiger charge is 2.34. The highest BCUT2D eigenvalue weighted by Crippen LogP contribution is 2.41. The molecule has 1 heteroatoms. The Labute approximate surface area is 111 Å². The molecule has 1 fully saturated rings. The van der Waals surface area contributed by atoms with Crippen LogP contribution < -0.4 is 0 Å². The van der Waals surface area contributed by atoms with Crippen molar-refractivity contribution in [3.05, 3.63) is 34.9 Å². The second kappa shape index (κ2) is 5.14. The third-order valence-corrected chi connectivity index (χ3v) is 4.29. The van der Waals surface area contributed by atoms with E-state index in [1.165, 1.54) is 29.5 Å². The van der Waals surface area contributed by atoms with E-state index in [4.69, 9.17) is 0 Å². The van der Waals surface area contributed by atoms with Gasteiger partial charge in [0.05, 0.1) is 11.5 Å². The molecule has 0 bridgehead atoms. The van der Waals surface area contributed by atoms with Crippen molar-refractivity contribution in [3.8, 4) is 6.07 Å². The normalized spacial score (nSPS) is 27.8. The minimum Gasteiger partial charge on any atom is -0.198 e. The average Bonchev–Trinajstić information content (AvgIpc) is 2.31. The van der Waals surface area contributed by atoms with Crippen LogP contribution >= 0.6 is 0 Å². The van der Waals surface area contributed by atoms with Crippen molar-refractivity contribution in [2.75, 3.05) is 0 Å². The van der Waals surface area contributed by atoms with Gasteiger partial charge in [-0.1, -0.05) is 36.2 Å². The van der Waals surface area contributed by atoms with Gasteiger partial charge in [-0.15, -0.1) is 0 Å². The lowest BCUT2D eigenvalue weighted by atomic mass is 9.68. The van der Waals surface area contributed by atoms with Gasteiger partial charge in [0.15, 0.2) is 0 Å². The quantitative estimate of drug-likeness (QED) is 0.744. The van der Waals surface area contributed by atoms with Crippen molar-refractivity contribution in [3.63, 3.8) is 0 Å². The lowest BCUT2D eigenvalue weighted by Crippen LogP contribution is -2.27. The molecule has 0 saturated heterocycles. The molecule has 0 aromatic heterocycles. The molecular weight excluding hydrogens is 218 g/mol. The fourth-order valence-electron chi connectivity index (χ4n) is 3.20. The highest BCUT2D eigenvalue weighted by molar-refractivity contribution is 5.30. The van der Waals surface area contributed by atoms with Crippen LogP contribution in [0.2, 0.25) is 0 Å². The van der Waals surface area contributed by atoms with E-state index in [9.17, 15) is 5.26 Å². The van der Waals surface area contributed by atoms with E-state index in [-0.39, 0.29) is 5.41 Å². The lowest BCUT2D eigenvalue weighted by molar-refractivity contribution is 0.219. The molecule has 0 amide bonds. The fraction of sp³-hybridized carbons (Fsp3) is 0.588. The molecule has 1 saturated carbocycles. The molecule has 0 radical (unpaired) electrons. The maximum Gasteiger partial charge on any atom is 0.0693 e. The summed E-state index contributed by atoms with van der Waals surface area (Å²) >= 11 is 0. The predicted molar refractivity (Wildman–Crippen MR) is 75.3 cm³/mol. The summed E-state index contributed by atoms with van der Waals surface area (Å²) in [4.78, 5) is 0. The molecule has 0 N–H and O–H groups in total. The summed E-state index contributed by atoms with van der Waals surface area (Å²) < 4.78 is 0. The molecule has 2 rings (SSSR count). The summed E-state index contributed by atoms with van der Waals surface area (Å²) in [5.74, 6) is 0.797. The zero-order valence-corrected chi connectivity index (χ0v) is 11.8. The maximum absolute atomic E-state index is 9.58. The van der Waals surface area contributed by atoms with Crippen molar-refractivity contribution in [2.45, 2.75) is 52.9 Å². The summed E-state index contributed by atoms with van der Waals surface area (Å²) in [6, 6.07) is 9.31. The Kier molecular flexibility index (Phi) is 3.76. The molecule has 1 aromatic carbocycles. The van der Waals surface area contributed by atoms with Crippen LogP contribution in [0.4, 0.5) is 0 Å². The third-order valence-electron chi connectivity index (χ3n) is 4.29. The maximum atomic E-state index is 9.58. The van der Waals surface area contributed by atoms with Crippen molar-refractivity contribution in [1.29, 1.82) is 5.26 Å². The summed E-state index contributed by atoms with van der Waals surface area (Å²) in [6.45, 7) is 6.58. The summed E-state index contributed by atoms with van der Waals surface area (Å²) in [5.41, 5.74) is 3.85. The SMILES string of the molecule is Cc1cc(C)cc(CC2(C#N)CCC(C)CC2)c1. The third kappa shape index (κ3) is 2.93. The van der Waals surface area contributed by atoms with Gasteiger partial charge in [0.1, 0.15) is 0 Å². The molecule has 0 spiro atoms. The Morgan fingerprint density at radius 1 is 1.17 bits per heavy atom. The number of hydrogen-bond donors (Lipinski definition) is 0. The largest absolute Gasteiger partial charge is 0.198 e. The predicted octanol–water partition coefficient (Wildman–Crippen LogP) is 4.57. The molecule has 0 aliphatic heterocycles. The van der Waals surface area contributed by atoms with Gasteiger partial charge in [-0.3, -0.25) is 0 Å². The first-order chi connectivity index (χ1) is 8.53.